The molecule has 0 saturated heterocycles. The van der Waals surface area contributed by atoms with Gasteiger partial charge in [0.25, 0.3) is 5.69 Å². The molecule has 160 valence electrons. The Morgan fingerprint density at radius 1 is 1.27 bits per heavy atom. The number of nitrogens with one attached hydrogen (secondary N) is 1. The molecule has 1 unspecified atom stereocenters. The van der Waals surface area contributed by atoms with Gasteiger partial charge in [-0.25, -0.2) is 8.42 Å². The Morgan fingerprint density at radius 3 is 2.63 bits per heavy atom. The van der Waals surface area contributed by atoms with Crippen molar-refractivity contribution in [3.63, 3.8) is 0 Å². The van der Waals surface area contributed by atoms with Gasteiger partial charge in [0.15, 0.2) is 11.5 Å². The van der Waals surface area contributed by atoms with E-state index in [1.165, 1.54) is 12.1 Å². The summed E-state index contributed by atoms with van der Waals surface area (Å²) in [6, 6.07) is 11.0. The maximum absolute atomic E-state index is 12.4. The van der Waals surface area contributed by atoms with Gasteiger partial charge in [0.1, 0.15) is 19.3 Å². The van der Waals surface area contributed by atoms with Crippen LogP contribution >= 0.6 is 0 Å². The monoisotopic (exact) mass is 435 g/mol. The van der Waals surface area contributed by atoms with Crippen molar-refractivity contribution in [2.45, 2.75) is 13.0 Å². The van der Waals surface area contributed by atoms with E-state index in [9.17, 15) is 23.3 Å². The molecule has 0 radical (unpaired) electrons. The summed E-state index contributed by atoms with van der Waals surface area (Å²) in [5.74, 6) is 0.603. The lowest BCUT2D eigenvalue weighted by Gasteiger charge is -2.27. The topological polar surface area (TPSA) is 128 Å². The molecule has 10 nitrogen and oxygen atoms in total. The van der Waals surface area contributed by atoms with E-state index in [0.29, 0.717) is 17.1 Å². The third-order valence-corrected chi connectivity index (χ3v) is 5.58. The fourth-order valence-corrected chi connectivity index (χ4v) is 3.84. The number of carbonyl (C=O) groups is 1. The molecule has 1 heterocycles. The van der Waals surface area contributed by atoms with Crippen LogP contribution in [0.2, 0.25) is 0 Å². The smallest absolute Gasteiger partial charge is 0.271 e. The van der Waals surface area contributed by atoms with Crippen molar-refractivity contribution < 1.29 is 27.6 Å². The second-order valence-electron chi connectivity index (χ2n) is 6.80. The molecule has 0 aromatic heterocycles. The summed E-state index contributed by atoms with van der Waals surface area (Å²) in [6.07, 6.45) is 0.503. The number of amides is 1. The van der Waals surface area contributed by atoms with Gasteiger partial charge in [-0.3, -0.25) is 19.2 Å². The molecular formula is C19H21N3O7S. The molecule has 0 saturated carbocycles. The number of anilines is 1. The zero-order chi connectivity index (χ0) is 21.9. The van der Waals surface area contributed by atoms with Crippen molar-refractivity contribution in [2.24, 2.45) is 0 Å². The summed E-state index contributed by atoms with van der Waals surface area (Å²) in [7, 11) is -3.87. The highest BCUT2D eigenvalue weighted by Gasteiger charge is 2.26. The molecule has 1 aliphatic rings. The van der Waals surface area contributed by atoms with Crippen molar-refractivity contribution in [1.82, 2.24) is 5.32 Å². The van der Waals surface area contributed by atoms with E-state index in [-0.39, 0.29) is 24.5 Å². The first-order valence-corrected chi connectivity index (χ1v) is 10.9. The van der Waals surface area contributed by atoms with E-state index in [4.69, 9.17) is 9.47 Å². The van der Waals surface area contributed by atoms with Crippen LogP contribution in [0.4, 0.5) is 11.4 Å². The summed E-state index contributed by atoms with van der Waals surface area (Å²) in [6.45, 7) is 1.43. The Morgan fingerprint density at radius 2 is 1.97 bits per heavy atom. The first-order chi connectivity index (χ1) is 14.1. The molecule has 2 aromatic rings. The number of rotatable bonds is 7. The van der Waals surface area contributed by atoms with Crippen LogP contribution in [0.15, 0.2) is 42.5 Å². The van der Waals surface area contributed by atoms with E-state index in [2.05, 4.69) is 5.32 Å². The van der Waals surface area contributed by atoms with Crippen LogP contribution in [0, 0.1) is 17.0 Å². The van der Waals surface area contributed by atoms with Crippen LogP contribution in [0.1, 0.15) is 5.56 Å². The van der Waals surface area contributed by atoms with Gasteiger partial charge in [0.2, 0.25) is 15.9 Å². The molecule has 1 N–H and O–H groups in total. The van der Waals surface area contributed by atoms with Crippen molar-refractivity contribution in [1.29, 1.82) is 0 Å². The number of carbonyl (C=O) groups excluding carboxylic acids is 1. The minimum atomic E-state index is -3.87. The number of nitro benzene ring substituents is 1. The van der Waals surface area contributed by atoms with E-state index in [1.54, 1.807) is 25.1 Å². The molecule has 1 amide bonds. The second kappa shape index (κ2) is 8.57. The van der Waals surface area contributed by atoms with Crippen molar-refractivity contribution in [3.05, 3.63) is 58.1 Å². The molecule has 0 spiro atoms. The number of ether oxygens (including phenoxy) is 2. The number of fused-ring (bicyclic) bond motifs is 1. The van der Waals surface area contributed by atoms with Gasteiger partial charge in [-0.2, -0.15) is 0 Å². The molecule has 3 rings (SSSR count). The largest absolute Gasteiger partial charge is 0.486 e. The average molecular weight is 435 g/mol. The number of non-ortho nitro benzene ring substituents is 1. The summed E-state index contributed by atoms with van der Waals surface area (Å²) in [4.78, 5) is 22.9. The third kappa shape index (κ3) is 4.98. The Kier molecular flexibility index (Phi) is 6.11. The van der Waals surface area contributed by atoms with Gasteiger partial charge >= 0.3 is 0 Å². The van der Waals surface area contributed by atoms with Crippen LogP contribution in [-0.2, 0) is 14.8 Å². The molecule has 1 aliphatic heterocycles. The lowest BCUT2D eigenvalue weighted by molar-refractivity contribution is -0.384. The predicted octanol–water partition coefficient (Wildman–Crippen LogP) is 1.63. The number of hydrogen-bond acceptors (Lipinski definition) is 7. The lowest BCUT2D eigenvalue weighted by atomic mass is 10.2. The second-order valence-corrected chi connectivity index (χ2v) is 8.71. The normalized spacial score (nSPS) is 15.3. The fourth-order valence-electron chi connectivity index (χ4n) is 2.94. The molecule has 1 atom stereocenters. The van der Waals surface area contributed by atoms with Gasteiger partial charge in [-0.1, -0.05) is 18.2 Å². The number of para-hydroxylation sites is 2. The van der Waals surface area contributed by atoms with Crippen molar-refractivity contribution in [3.8, 4) is 11.5 Å². The van der Waals surface area contributed by atoms with Gasteiger partial charge in [-0.05, 0) is 24.6 Å². The average Bonchev–Trinajstić information content (AvgIpc) is 2.70. The van der Waals surface area contributed by atoms with E-state index in [1.807, 2.05) is 6.07 Å². The SMILES string of the molecule is Cc1ccc([N+](=O)[O-])cc1N(CC(=O)NCC1COc2ccccc2O1)S(C)(=O)=O. The fraction of sp³-hybridized carbons (Fsp3) is 0.316. The van der Waals surface area contributed by atoms with Gasteiger partial charge in [0, 0.05) is 12.1 Å². The highest BCUT2D eigenvalue weighted by molar-refractivity contribution is 7.92. The van der Waals surface area contributed by atoms with E-state index in [0.717, 1.165) is 16.6 Å². The molecule has 0 bridgehead atoms. The quantitative estimate of drug-likeness (QED) is 0.517. The van der Waals surface area contributed by atoms with Crippen molar-refractivity contribution in [2.75, 3.05) is 30.3 Å². The van der Waals surface area contributed by atoms with Crippen LogP contribution in [0.5, 0.6) is 11.5 Å². The van der Waals surface area contributed by atoms with E-state index >= 15 is 0 Å². The minimum absolute atomic E-state index is 0.0769. The van der Waals surface area contributed by atoms with Gasteiger partial charge in [0.05, 0.1) is 23.4 Å². The Balaban J connectivity index is 1.69. The summed E-state index contributed by atoms with van der Waals surface area (Å²) in [5, 5.41) is 13.7. The number of nitrogens with zero attached hydrogens (tertiary/aromatic N) is 2. The summed E-state index contributed by atoms with van der Waals surface area (Å²) < 4.78 is 36.7. The van der Waals surface area contributed by atoms with Gasteiger partial charge in [-0.15, -0.1) is 0 Å². The van der Waals surface area contributed by atoms with Gasteiger partial charge < -0.3 is 14.8 Å². The highest BCUT2D eigenvalue weighted by Crippen LogP contribution is 2.31. The maximum Gasteiger partial charge on any atom is 0.271 e. The first-order valence-electron chi connectivity index (χ1n) is 9.03. The Hall–Kier alpha value is -3.34. The third-order valence-electron chi connectivity index (χ3n) is 4.45. The van der Waals surface area contributed by atoms with Crippen LogP contribution in [-0.4, -0.2) is 51.3 Å². The lowest BCUT2D eigenvalue weighted by Crippen LogP contribution is -2.45. The standard InChI is InChI=1S/C19H21N3O7S/c1-13-7-8-14(22(24)25)9-16(13)21(30(2,26)27)11-19(23)20-10-15-12-28-17-5-3-4-6-18(17)29-15/h3-9,15H,10-12H2,1-2H3,(H,20,23). The minimum Gasteiger partial charge on any atom is -0.486 e. The number of benzene rings is 2. The molecule has 30 heavy (non-hydrogen) atoms. The zero-order valence-electron chi connectivity index (χ0n) is 16.4. The Labute approximate surface area is 173 Å². The molecular weight excluding hydrogens is 414 g/mol. The van der Waals surface area contributed by atoms with Crippen LogP contribution < -0.4 is 19.1 Å². The van der Waals surface area contributed by atoms with Crippen LogP contribution in [0.25, 0.3) is 0 Å². The number of hydrogen-bond donors (Lipinski definition) is 1. The molecule has 11 heteroatoms. The highest BCUT2D eigenvalue weighted by atomic mass is 32.2. The Bertz CT molecular complexity index is 1070. The summed E-state index contributed by atoms with van der Waals surface area (Å²) >= 11 is 0. The van der Waals surface area contributed by atoms with E-state index < -0.39 is 33.5 Å². The predicted molar refractivity (Wildman–Crippen MR) is 109 cm³/mol. The number of nitro groups is 1. The zero-order valence-corrected chi connectivity index (χ0v) is 17.2. The maximum atomic E-state index is 12.4. The molecule has 2 aromatic carbocycles. The number of aryl methyl sites for hydroxylation is 1. The molecule has 0 aliphatic carbocycles. The first kappa shape index (κ1) is 21.4. The van der Waals surface area contributed by atoms with Crippen molar-refractivity contribution >= 4 is 27.3 Å². The summed E-state index contributed by atoms with van der Waals surface area (Å²) in [5.41, 5.74) is 0.295. The van der Waals surface area contributed by atoms with Crippen LogP contribution in [0.3, 0.4) is 0 Å². The number of sulfonamides is 1. The molecule has 0 fully saturated rings.